The number of rotatable bonds is 8. The minimum absolute atomic E-state index is 0.00249. The Bertz CT molecular complexity index is 1980. The first-order valence-corrected chi connectivity index (χ1v) is 15.0. The molecule has 45 heavy (non-hydrogen) atoms. The molecule has 2 aliphatic rings. The van der Waals surface area contributed by atoms with Crippen LogP contribution in [-0.4, -0.2) is 48.4 Å². The third-order valence-corrected chi connectivity index (χ3v) is 8.32. The van der Waals surface area contributed by atoms with E-state index in [4.69, 9.17) is 10.5 Å². The molecule has 230 valence electrons. The van der Waals surface area contributed by atoms with Crippen LogP contribution in [0.15, 0.2) is 59.8 Å². The summed E-state index contributed by atoms with van der Waals surface area (Å²) in [6.07, 6.45) is 8.38. The number of fused-ring (bicyclic) bond motifs is 1. The summed E-state index contributed by atoms with van der Waals surface area (Å²) >= 11 is 0. The number of anilines is 3. The van der Waals surface area contributed by atoms with Gasteiger partial charge in [0.05, 0.1) is 28.9 Å². The molecule has 1 aliphatic heterocycles. The second kappa shape index (κ2) is 11.7. The van der Waals surface area contributed by atoms with Gasteiger partial charge in [-0.2, -0.15) is 20.1 Å². The van der Waals surface area contributed by atoms with E-state index in [9.17, 15) is 9.59 Å². The van der Waals surface area contributed by atoms with Crippen molar-refractivity contribution in [1.29, 1.82) is 0 Å². The monoisotopic (exact) mass is 609 g/mol. The van der Waals surface area contributed by atoms with Crippen molar-refractivity contribution < 1.29 is 13.9 Å². The topological polar surface area (TPSA) is 155 Å². The van der Waals surface area contributed by atoms with E-state index in [-0.39, 0.29) is 41.6 Å². The molecule has 7 rings (SSSR count). The molecule has 2 aromatic carbocycles. The van der Waals surface area contributed by atoms with Crippen LogP contribution in [0.1, 0.15) is 42.7 Å². The summed E-state index contributed by atoms with van der Waals surface area (Å²) in [6.45, 7) is 1.30. The van der Waals surface area contributed by atoms with Crippen molar-refractivity contribution in [3.05, 3.63) is 82.3 Å². The molecule has 4 N–H and O–H groups in total. The van der Waals surface area contributed by atoms with Gasteiger partial charge in [0.15, 0.2) is 5.82 Å². The highest BCUT2D eigenvalue weighted by molar-refractivity contribution is 5.84. The first-order chi connectivity index (χ1) is 21.8. The van der Waals surface area contributed by atoms with Gasteiger partial charge in [-0.1, -0.05) is 18.2 Å². The molecule has 0 radical (unpaired) electrons. The molecule has 12 nitrogen and oxygen atoms in total. The zero-order chi connectivity index (χ0) is 31.1. The Morgan fingerprint density at radius 1 is 1.13 bits per heavy atom. The maximum Gasteiger partial charge on any atom is 0.309 e. The van der Waals surface area contributed by atoms with Gasteiger partial charge in [0.1, 0.15) is 12.4 Å². The fourth-order valence-electron chi connectivity index (χ4n) is 5.86. The van der Waals surface area contributed by atoms with Crippen LogP contribution in [0.2, 0.25) is 0 Å². The first kappa shape index (κ1) is 28.6. The van der Waals surface area contributed by atoms with Gasteiger partial charge in [-0.15, -0.1) is 0 Å². The number of carbonyl (C=O) groups excluding carboxylic acids is 1. The van der Waals surface area contributed by atoms with Crippen LogP contribution in [0.4, 0.5) is 22.0 Å². The maximum absolute atomic E-state index is 15.4. The van der Waals surface area contributed by atoms with Gasteiger partial charge in [0.2, 0.25) is 11.9 Å². The molecule has 4 heterocycles. The first-order valence-electron chi connectivity index (χ1n) is 15.0. The quantitative estimate of drug-likeness (QED) is 0.220. The predicted octanol–water partition coefficient (Wildman–Crippen LogP) is 3.96. The lowest BCUT2D eigenvalue weighted by Gasteiger charge is -2.22. The number of nitrogen functional groups attached to an aromatic ring is 1. The van der Waals surface area contributed by atoms with Crippen LogP contribution in [0, 0.1) is 11.7 Å². The zero-order valence-electron chi connectivity index (χ0n) is 24.7. The van der Waals surface area contributed by atoms with Gasteiger partial charge in [-0.05, 0) is 73.8 Å². The number of halogens is 1. The van der Waals surface area contributed by atoms with Crippen LogP contribution >= 0.6 is 0 Å². The molecule has 1 saturated heterocycles. The molecule has 1 saturated carbocycles. The highest BCUT2D eigenvalue weighted by Gasteiger charge is 2.27. The number of pyridine rings is 1. The molecular weight excluding hydrogens is 577 g/mol. The van der Waals surface area contributed by atoms with Crippen LogP contribution < -0.4 is 21.9 Å². The number of carbonyl (C=O) groups is 1. The molecule has 0 spiro atoms. The van der Waals surface area contributed by atoms with E-state index in [1.54, 1.807) is 54.6 Å². The minimum atomic E-state index is -0.555. The third kappa shape index (κ3) is 5.86. The molecule has 0 amide bonds. The van der Waals surface area contributed by atoms with Gasteiger partial charge < -0.3 is 21.1 Å². The van der Waals surface area contributed by atoms with E-state index < -0.39 is 11.4 Å². The molecule has 3 aromatic heterocycles. The van der Waals surface area contributed by atoms with Crippen molar-refractivity contribution in [2.75, 3.05) is 24.1 Å². The number of hydrogen-bond donors (Lipinski definition) is 3. The number of nitrogens with zero attached hydrogens (tertiary/aromatic N) is 6. The smallest absolute Gasteiger partial charge is 0.309 e. The lowest BCUT2D eigenvalue weighted by molar-refractivity contribution is -0.150. The summed E-state index contributed by atoms with van der Waals surface area (Å²) in [4.78, 5) is 40.2. The summed E-state index contributed by atoms with van der Waals surface area (Å²) in [5.74, 6) is -0.415. The summed E-state index contributed by atoms with van der Waals surface area (Å²) in [5.41, 5.74) is 8.49. The van der Waals surface area contributed by atoms with Gasteiger partial charge in [0.25, 0.3) is 5.56 Å². The zero-order valence-corrected chi connectivity index (χ0v) is 24.7. The van der Waals surface area contributed by atoms with Crippen molar-refractivity contribution in [1.82, 2.24) is 34.6 Å². The average molecular weight is 610 g/mol. The Morgan fingerprint density at radius 3 is 2.71 bits per heavy atom. The van der Waals surface area contributed by atoms with Crippen molar-refractivity contribution in [2.24, 2.45) is 13.0 Å². The average Bonchev–Trinajstić information content (AvgIpc) is 3.81. The van der Waals surface area contributed by atoms with Crippen LogP contribution in [0.25, 0.3) is 27.8 Å². The lowest BCUT2D eigenvalue weighted by Crippen LogP contribution is -2.32. The number of aryl methyl sites for hydroxylation is 1. The molecule has 2 fully saturated rings. The Labute approximate surface area is 257 Å². The molecule has 0 unspecified atom stereocenters. The highest BCUT2D eigenvalue weighted by atomic mass is 19.1. The second-order valence-electron chi connectivity index (χ2n) is 11.5. The fourth-order valence-corrected chi connectivity index (χ4v) is 5.86. The Hall–Kier alpha value is -5.17. The van der Waals surface area contributed by atoms with E-state index >= 15 is 4.39 Å². The second-order valence-corrected chi connectivity index (χ2v) is 11.5. The Balaban J connectivity index is 1.33. The number of hydrogen-bond acceptors (Lipinski definition) is 10. The summed E-state index contributed by atoms with van der Waals surface area (Å²) in [6, 6.07) is 10.3. The minimum Gasteiger partial charge on any atom is -0.460 e. The van der Waals surface area contributed by atoms with Crippen molar-refractivity contribution >= 4 is 34.3 Å². The summed E-state index contributed by atoms with van der Waals surface area (Å²) in [5, 5.41) is 11.0. The molecule has 13 heteroatoms. The number of aromatic nitrogens is 6. The van der Waals surface area contributed by atoms with Crippen molar-refractivity contribution in [3.63, 3.8) is 0 Å². The lowest BCUT2D eigenvalue weighted by atomic mass is 9.98. The number of piperidine rings is 1. The summed E-state index contributed by atoms with van der Waals surface area (Å²) in [7, 11) is 1.79. The number of nitrogens with two attached hydrogens (primary N) is 1. The number of benzene rings is 2. The maximum atomic E-state index is 15.4. The standard InChI is InChI=1S/C32H32FN9O3/c1-41-16-22(15-36-41)37-32-39-28(38-31(34)40-32)23-3-2-4-26(24(23)17-45-30(44)19-7-10-35-11-8-19)42-12-9-20-13-21(18-5-6-18)14-25(33)27(20)29(42)43/h2-4,9,12-16,18-19,35H,5-8,10-11,17H2,1H3,(H3,34,37,38,39,40). The molecule has 0 bridgehead atoms. The summed E-state index contributed by atoms with van der Waals surface area (Å²) < 4.78 is 24.3. The molecular formula is C32H32FN9O3. The molecule has 5 aromatic rings. The van der Waals surface area contributed by atoms with E-state index in [0.717, 1.165) is 31.5 Å². The molecule has 1 aliphatic carbocycles. The van der Waals surface area contributed by atoms with Gasteiger partial charge in [-0.25, -0.2) is 4.39 Å². The Kier molecular flexibility index (Phi) is 7.45. The number of nitrogens with one attached hydrogen (secondary N) is 2. The van der Waals surface area contributed by atoms with E-state index in [1.807, 2.05) is 6.07 Å². The molecule has 0 atom stereocenters. The highest BCUT2D eigenvalue weighted by Crippen LogP contribution is 2.41. The normalized spacial score (nSPS) is 15.3. The van der Waals surface area contributed by atoms with Crippen LogP contribution in [0.5, 0.6) is 0 Å². The van der Waals surface area contributed by atoms with E-state index in [2.05, 4.69) is 30.7 Å². The van der Waals surface area contributed by atoms with Gasteiger partial charge in [-0.3, -0.25) is 18.8 Å². The van der Waals surface area contributed by atoms with Crippen LogP contribution in [-0.2, 0) is 23.2 Å². The van der Waals surface area contributed by atoms with Crippen molar-refractivity contribution in [2.45, 2.75) is 38.2 Å². The Morgan fingerprint density at radius 2 is 1.96 bits per heavy atom. The van der Waals surface area contributed by atoms with E-state index in [1.165, 1.54) is 10.6 Å². The van der Waals surface area contributed by atoms with Gasteiger partial charge >= 0.3 is 5.97 Å². The number of esters is 1. The van der Waals surface area contributed by atoms with Crippen LogP contribution in [0.3, 0.4) is 0 Å². The van der Waals surface area contributed by atoms with E-state index in [0.29, 0.717) is 46.6 Å². The van der Waals surface area contributed by atoms with Gasteiger partial charge in [0, 0.05) is 30.6 Å². The van der Waals surface area contributed by atoms with Crippen molar-refractivity contribution in [3.8, 4) is 17.1 Å². The SMILES string of the molecule is Cn1cc(Nc2nc(N)nc(-c3cccc(-n4ccc5cc(C6CC6)cc(F)c5c4=O)c3COC(=O)C3CCNCC3)n2)cn1. The fraction of sp³-hybridized carbons (Fsp3) is 0.312. The predicted molar refractivity (Wildman–Crippen MR) is 167 cm³/mol. The third-order valence-electron chi connectivity index (χ3n) is 8.32. The number of ether oxygens (including phenoxy) is 1. The largest absolute Gasteiger partial charge is 0.460 e.